The zero-order valence-corrected chi connectivity index (χ0v) is 12.0. The Morgan fingerprint density at radius 1 is 0.900 bits per heavy atom. The van der Waals surface area contributed by atoms with Crippen LogP contribution in [0.4, 0.5) is 0 Å². The van der Waals surface area contributed by atoms with E-state index in [1.165, 1.54) is 16.3 Å². The number of fused-ring (bicyclic) bond motifs is 1. The van der Waals surface area contributed by atoms with E-state index >= 15 is 0 Å². The maximum atomic E-state index is 5.39. The summed E-state index contributed by atoms with van der Waals surface area (Å²) in [5.74, 6) is 0.933. The summed E-state index contributed by atoms with van der Waals surface area (Å²) in [5, 5.41) is 2.51. The van der Waals surface area contributed by atoms with Crippen molar-refractivity contribution in [3.05, 3.63) is 72.6 Å². The normalized spacial score (nSPS) is 10.1. The number of aromatic nitrogens is 1. The molecule has 0 saturated carbocycles. The van der Waals surface area contributed by atoms with Crippen LogP contribution in [0.1, 0.15) is 5.56 Å². The molecule has 0 atom stereocenters. The fraction of sp³-hybridized carbons (Fsp3) is 0.118. The number of ether oxygens (including phenoxy) is 1. The molecule has 0 bridgehead atoms. The van der Waals surface area contributed by atoms with Gasteiger partial charge in [0.15, 0.2) is 18.9 Å². The molecule has 1 heterocycles. The van der Waals surface area contributed by atoms with Gasteiger partial charge in [-0.25, -0.2) is 4.57 Å². The van der Waals surface area contributed by atoms with Crippen molar-refractivity contribution in [2.75, 3.05) is 7.11 Å². The number of para-hydroxylation sites is 1. The second kappa shape index (κ2) is 6.40. The third-order valence-corrected chi connectivity index (χ3v) is 3.29. The van der Waals surface area contributed by atoms with Crippen LogP contribution in [0, 0.1) is 0 Å². The van der Waals surface area contributed by atoms with Crippen molar-refractivity contribution in [2.24, 2.45) is 0 Å². The van der Waals surface area contributed by atoms with E-state index in [1.807, 2.05) is 18.2 Å². The zero-order valence-electron chi connectivity index (χ0n) is 11.3. The Balaban J connectivity index is 0.00000147. The molecular formula is C17H16ClNO. The standard InChI is InChI=1S/C17H16NO.ClH/c1-19-17-9-5-4-8-16(17)13-18-11-10-14-6-2-3-7-15(14)12-18;/h2-12H,13H2,1H3;1H/q+1;/p-1. The molecule has 0 aliphatic carbocycles. The Kier molecular flexibility index (Phi) is 4.59. The first-order valence-corrected chi connectivity index (χ1v) is 6.36. The molecular weight excluding hydrogens is 270 g/mol. The molecule has 0 aliphatic heterocycles. The first-order valence-electron chi connectivity index (χ1n) is 6.36. The van der Waals surface area contributed by atoms with Crippen LogP contribution in [-0.4, -0.2) is 7.11 Å². The summed E-state index contributed by atoms with van der Waals surface area (Å²) in [6, 6.07) is 18.7. The monoisotopic (exact) mass is 285 g/mol. The molecule has 3 aromatic rings. The quantitative estimate of drug-likeness (QED) is 0.626. The maximum Gasteiger partial charge on any atom is 0.177 e. The average Bonchev–Trinajstić information content (AvgIpc) is 2.48. The highest BCUT2D eigenvalue weighted by molar-refractivity contribution is 5.80. The van der Waals surface area contributed by atoms with E-state index in [4.69, 9.17) is 4.74 Å². The highest BCUT2D eigenvalue weighted by Gasteiger charge is 2.08. The molecule has 0 unspecified atom stereocenters. The number of benzene rings is 2. The Bertz CT molecular complexity index is 712. The third-order valence-electron chi connectivity index (χ3n) is 3.29. The summed E-state index contributed by atoms with van der Waals surface area (Å²) in [4.78, 5) is 0. The maximum absolute atomic E-state index is 5.39. The van der Waals surface area contributed by atoms with Gasteiger partial charge >= 0.3 is 0 Å². The molecule has 3 heteroatoms. The van der Waals surface area contributed by atoms with Gasteiger partial charge in [0, 0.05) is 11.5 Å². The zero-order chi connectivity index (χ0) is 13.1. The van der Waals surface area contributed by atoms with Crippen molar-refractivity contribution < 1.29 is 21.7 Å². The molecule has 0 fully saturated rings. The molecule has 102 valence electrons. The Morgan fingerprint density at radius 2 is 1.60 bits per heavy atom. The van der Waals surface area contributed by atoms with E-state index in [0.29, 0.717) is 0 Å². The fourth-order valence-electron chi connectivity index (χ4n) is 2.31. The van der Waals surface area contributed by atoms with Crippen LogP contribution in [0.5, 0.6) is 5.75 Å². The molecule has 2 nitrogen and oxygen atoms in total. The van der Waals surface area contributed by atoms with Gasteiger partial charge in [-0.3, -0.25) is 0 Å². The molecule has 0 N–H and O–H groups in total. The topological polar surface area (TPSA) is 13.1 Å². The first-order chi connectivity index (χ1) is 9.36. The molecule has 0 saturated heterocycles. The van der Waals surface area contributed by atoms with Gasteiger partial charge in [0.05, 0.1) is 12.7 Å². The first kappa shape index (κ1) is 14.4. The van der Waals surface area contributed by atoms with Crippen molar-refractivity contribution in [2.45, 2.75) is 6.54 Å². The lowest BCUT2D eigenvalue weighted by Crippen LogP contribution is -3.00. The van der Waals surface area contributed by atoms with Crippen LogP contribution in [0.25, 0.3) is 10.8 Å². The van der Waals surface area contributed by atoms with Gasteiger partial charge in [0.25, 0.3) is 0 Å². The highest BCUT2D eigenvalue weighted by atomic mass is 35.5. The van der Waals surface area contributed by atoms with Crippen LogP contribution in [0.3, 0.4) is 0 Å². The lowest BCUT2D eigenvalue weighted by atomic mass is 10.1. The number of rotatable bonds is 3. The molecule has 20 heavy (non-hydrogen) atoms. The SMILES string of the molecule is COc1ccccc1C[n+]1ccc2ccccc2c1.[Cl-]. The van der Waals surface area contributed by atoms with E-state index < -0.39 is 0 Å². The smallest absolute Gasteiger partial charge is 0.177 e. The predicted molar refractivity (Wildman–Crippen MR) is 76.2 cm³/mol. The van der Waals surface area contributed by atoms with E-state index in [2.05, 4.69) is 53.4 Å². The average molecular weight is 286 g/mol. The van der Waals surface area contributed by atoms with Gasteiger partial charge < -0.3 is 17.1 Å². The van der Waals surface area contributed by atoms with Crippen LogP contribution >= 0.6 is 0 Å². The van der Waals surface area contributed by atoms with Crippen LogP contribution in [0.15, 0.2) is 67.0 Å². The molecule has 0 spiro atoms. The van der Waals surface area contributed by atoms with E-state index in [1.54, 1.807) is 7.11 Å². The molecule has 0 radical (unpaired) electrons. The number of methoxy groups -OCH3 is 1. The van der Waals surface area contributed by atoms with Gasteiger partial charge in [0.2, 0.25) is 0 Å². The number of halogens is 1. The Labute approximate surface area is 125 Å². The second-order valence-corrected chi connectivity index (χ2v) is 4.56. The Hall–Kier alpha value is -2.06. The lowest BCUT2D eigenvalue weighted by molar-refractivity contribution is -0.687. The van der Waals surface area contributed by atoms with Gasteiger partial charge in [-0.15, -0.1) is 0 Å². The lowest BCUT2D eigenvalue weighted by Gasteiger charge is -2.05. The van der Waals surface area contributed by atoms with Gasteiger partial charge in [-0.1, -0.05) is 30.3 Å². The fourth-order valence-corrected chi connectivity index (χ4v) is 2.31. The van der Waals surface area contributed by atoms with Crippen LogP contribution < -0.4 is 21.7 Å². The highest BCUT2D eigenvalue weighted by Crippen LogP contribution is 2.17. The summed E-state index contributed by atoms with van der Waals surface area (Å²) in [6.45, 7) is 0.814. The Morgan fingerprint density at radius 3 is 2.40 bits per heavy atom. The molecule has 3 rings (SSSR count). The van der Waals surface area contributed by atoms with Crippen molar-refractivity contribution >= 4 is 10.8 Å². The van der Waals surface area contributed by atoms with E-state index in [-0.39, 0.29) is 12.4 Å². The minimum Gasteiger partial charge on any atom is -1.00 e. The largest absolute Gasteiger partial charge is 1.00 e. The molecule has 0 aliphatic rings. The summed E-state index contributed by atoms with van der Waals surface area (Å²) in [6.07, 6.45) is 4.27. The number of nitrogens with zero attached hydrogens (tertiary/aromatic N) is 1. The summed E-state index contributed by atoms with van der Waals surface area (Å²) < 4.78 is 7.57. The van der Waals surface area contributed by atoms with Gasteiger partial charge in [-0.2, -0.15) is 0 Å². The van der Waals surface area contributed by atoms with Crippen molar-refractivity contribution in [3.63, 3.8) is 0 Å². The minimum atomic E-state index is 0. The summed E-state index contributed by atoms with van der Waals surface area (Å²) in [5.41, 5.74) is 1.19. The van der Waals surface area contributed by atoms with Gasteiger partial charge in [-0.05, 0) is 23.6 Å². The van der Waals surface area contributed by atoms with E-state index in [9.17, 15) is 0 Å². The summed E-state index contributed by atoms with van der Waals surface area (Å²) in [7, 11) is 1.71. The van der Waals surface area contributed by atoms with Crippen molar-refractivity contribution in [3.8, 4) is 5.75 Å². The number of pyridine rings is 1. The number of hydrogen-bond acceptors (Lipinski definition) is 1. The third kappa shape index (κ3) is 2.91. The van der Waals surface area contributed by atoms with Gasteiger partial charge in [0.1, 0.15) is 5.75 Å². The molecule has 2 aromatic carbocycles. The van der Waals surface area contributed by atoms with Crippen LogP contribution in [0.2, 0.25) is 0 Å². The predicted octanol–water partition coefficient (Wildman–Crippen LogP) is 0.188. The van der Waals surface area contributed by atoms with E-state index in [0.717, 1.165) is 12.3 Å². The molecule has 1 aromatic heterocycles. The molecule has 0 amide bonds. The number of hydrogen-bond donors (Lipinski definition) is 0. The minimum absolute atomic E-state index is 0. The summed E-state index contributed by atoms with van der Waals surface area (Å²) >= 11 is 0. The van der Waals surface area contributed by atoms with Crippen molar-refractivity contribution in [1.82, 2.24) is 0 Å². The second-order valence-electron chi connectivity index (χ2n) is 4.56. The van der Waals surface area contributed by atoms with Crippen molar-refractivity contribution in [1.29, 1.82) is 0 Å². The van der Waals surface area contributed by atoms with Crippen LogP contribution in [-0.2, 0) is 6.54 Å².